The summed E-state index contributed by atoms with van der Waals surface area (Å²) in [6, 6.07) is 13.1. The summed E-state index contributed by atoms with van der Waals surface area (Å²) < 4.78 is 13.1. The summed E-state index contributed by atoms with van der Waals surface area (Å²) in [6.45, 7) is 7.44. The molecule has 2 aromatic rings. The number of nitrogens with zero attached hydrogens (tertiary/aromatic N) is 1. The lowest BCUT2D eigenvalue weighted by Gasteiger charge is -2.24. The summed E-state index contributed by atoms with van der Waals surface area (Å²) in [5.74, 6) is -0.988. The van der Waals surface area contributed by atoms with Crippen LogP contribution in [0.3, 0.4) is 0 Å². The Morgan fingerprint density at radius 1 is 1.04 bits per heavy atom. The van der Waals surface area contributed by atoms with Crippen molar-refractivity contribution in [2.75, 3.05) is 16.8 Å². The molecule has 0 aliphatic carbocycles. The first-order chi connectivity index (χ1) is 11.7. The summed E-state index contributed by atoms with van der Waals surface area (Å²) in [5.41, 5.74) is 2.09. The molecule has 2 rings (SSSR count). The fourth-order valence-electron chi connectivity index (χ4n) is 2.58. The zero-order valence-corrected chi connectivity index (χ0v) is 15.0. The van der Waals surface area contributed by atoms with E-state index in [9.17, 15) is 14.0 Å². The van der Waals surface area contributed by atoms with E-state index < -0.39 is 5.82 Å². The molecule has 4 nitrogen and oxygen atoms in total. The molecule has 0 atom stereocenters. The van der Waals surface area contributed by atoms with Gasteiger partial charge < -0.3 is 10.2 Å². The van der Waals surface area contributed by atoms with Gasteiger partial charge in [0.2, 0.25) is 11.8 Å². The van der Waals surface area contributed by atoms with E-state index in [1.807, 2.05) is 24.3 Å². The lowest BCUT2D eigenvalue weighted by Crippen LogP contribution is -2.37. The normalized spacial score (nSPS) is 11.1. The molecule has 0 bridgehead atoms. The second kappa shape index (κ2) is 7.47. The van der Waals surface area contributed by atoms with Gasteiger partial charge in [-0.25, -0.2) is 4.39 Å². The highest BCUT2D eigenvalue weighted by molar-refractivity contribution is 6.02. The molecule has 0 unspecified atom stereocenters. The molecule has 0 aliphatic heterocycles. The lowest BCUT2D eigenvalue weighted by molar-refractivity contribution is -0.120. The summed E-state index contributed by atoms with van der Waals surface area (Å²) in [7, 11) is 0. The maximum atomic E-state index is 13.1. The third-order valence-corrected chi connectivity index (χ3v) is 3.83. The second-order valence-corrected chi connectivity index (χ2v) is 6.93. The van der Waals surface area contributed by atoms with Crippen molar-refractivity contribution in [3.8, 4) is 0 Å². The molecule has 2 amide bonds. The average Bonchev–Trinajstić information content (AvgIpc) is 2.53. The van der Waals surface area contributed by atoms with E-state index >= 15 is 0 Å². The molecule has 0 fully saturated rings. The van der Waals surface area contributed by atoms with Crippen molar-refractivity contribution in [3.05, 3.63) is 59.9 Å². The van der Waals surface area contributed by atoms with Crippen LogP contribution in [0.1, 0.15) is 33.3 Å². The first-order valence-corrected chi connectivity index (χ1v) is 8.11. The molecular formula is C20H23FN2O2. The van der Waals surface area contributed by atoms with E-state index in [-0.39, 0.29) is 23.8 Å². The quantitative estimate of drug-likeness (QED) is 0.909. The Balaban J connectivity index is 2.18. The highest BCUT2D eigenvalue weighted by Crippen LogP contribution is 2.29. The Bertz CT molecular complexity index is 764. The Morgan fingerprint density at radius 2 is 1.64 bits per heavy atom. The van der Waals surface area contributed by atoms with Gasteiger partial charge in [-0.2, -0.15) is 0 Å². The summed E-state index contributed by atoms with van der Waals surface area (Å²) in [4.78, 5) is 25.7. The zero-order chi connectivity index (χ0) is 18.6. The number of benzene rings is 2. The van der Waals surface area contributed by atoms with Crippen LogP contribution >= 0.6 is 0 Å². The van der Waals surface area contributed by atoms with Crippen LogP contribution in [0.2, 0.25) is 0 Å². The van der Waals surface area contributed by atoms with E-state index in [2.05, 4.69) is 26.1 Å². The third kappa shape index (κ3) is 4.89. The molecule has 0 aromatic heterocycles. The van der Waals surface area contributed by atoms with Gasteiger partial charge in [0.05, 0.1) is 0 Å². The number of para-hydroxylation sites is 1. The van der Waals surface area contributed by atoms with Gasteiger partial charge >= 0.3 is 0 Å². The molecule has 5 heteroatoms. The molecule has 0 saturated heterocycles. The van der Waals surface area contributed by atoms with Gasteiger partial charge in [-0.05, 0) is 41.3 Å². The van der Waals surface area contributed by atoms with Gasteiger partial charge in [-0.15, -0.1) is 0 Å². The number of anilines is 2. The third-order valence-electron chi connectivity index (χ3n) is 3.83. The van der Waals surface area contributed by atoms with Crippen molar-refractivity contribution in [3.63, 3.8) is 0 Å². The number of carbonyl (C=O) groups excluding carboxylic acids is 2. The first-order valence-electron chi connectivity index (χ1n) is 8.11. The number of amides is 2. The van der Waals surface area contributed by atoms with E-state index in [4.69, 9.17) is 0 Å². The molecule has 0 radical (unpaired) electrons. The SMILES string of the molecule is CC(=O)N(CC(=O)Nc1ccccc1C(C)(C)C)c1ccc(F)cc1. The first kappa shape index (κ1) is 18.6. The standard InChI is InChI=1S/C20H23FN2O2/c1-14(24)23(16-11-9-15(21)10-12-16)13-19(25)22-18-8-6-5-7-17(18)20(2,3)4/h5-12H,13H2,1-4H3,(H,22,25). The Labute approximate surface area is 147 Å². The van der Waals surface area contributed by atoms with Crippen molar-refractivity contribution in [2.45, 2.75) is 33.1 Å². The van der Waals surface area contributed by atoms with Gasteiger partial charge in [-0.1, -0.05) is 39.0 Å². The predicted molar refractivity (Wildman–Crippen MR) is 98.2 cm³/mol. The van der Waals surface area contributed by atoms with Crippen LogP contribution in [-0.4, -0.2) is 18.4 Å². The highest BCUT2D eigenvalue weighted by Gasteiger charge is 2.20. The van der Waals surface area contributed by atoms with Gasteiger partial charge in [0.15, 0.2) is 0 Å². The molecule has 0 aliphatic rings. The summed E-state index contributed by atoms with van der Waals surface area (Å²) in [5, 5.41) is 2.88. The number of halogens is 1. The highest BCUT2D eigenvalue weighted by atomic mass is 19.1. The van der Waals surface area contributed by atoms with Crippen molar-refractivity contribution >= 4 is 23.2 Å². The summed E-state index contributed by atoms with van der Waals surface area (Å²) in [6.07, 6.45) is 0. The molecule has 1 N–H and O–H groups in total. The molecule has 2 aromatic carbocycles. The van der Waals surface area contributed by atoms with E-state index in [0.717, 1.165) is 11.3 Å². The number of hydrogen-bond acceptors (Lipinski definition) is 2. The maximum absolute atomic E-state index is 13.1. The number of nitrogens with one attached hydrogen (secondary N) is 1. The largest absolute Gasteiger partial charge is 0.324 e. The Kier molecular flexibility index (Phi) is 5.57. The maximum Gasteiger partial charge on any atom is 0.244 e. The van der Waals surface area contributed by atoms with Crippen LogP contribution in [0, 0.1) is 5.82 Å². The van der Waals surface area contributed by atoms with Crippen molar-refractivity contribution in [2.24, 2.45) is 0 Å². The molecular weight excluding hydrogens is 319 g/mol. The van der Waals surface area contributed by atoms with E-state index in [1.54, 1.807) is 0 Å². The van der Waals surface area contributed by atoms with Gasteiger partial charge in [0.25, 0.3) is 0 Å². The van der Waals surface area contributed by atoms with Crippen LogP contribution in [0.25, 0.3) is 0 Å². The lowest BCUT2D eigenvalue weighted by atomic mass is 9.86. The smallest absolute Gasteiger partial charge is 0.244 e. The topological polar surface area (TPSA) is 49.4 Å². The number of carbonyl (C=O) groups is 2. The van der Waals surface area contributed by atoms with Crippen LogP contribution < -0.4 is 10.2 Å². The Hall–Kier alpha value is -2.69. The van der Waals surface area contributed by atoms with Crippen LogP contribution in [-0.2, 0) is 15.0 Å². The monoisotopic (exact) mass is 342 g/mol. The number of hydrogen-bond donors (Lipinski definition) is 1. The Morgan fingerprint density at radius 3 is 2.20 bits per heavy atom. The molecule has 25 heavy (non-hydrogen) atoms. The molecule has 0 spiro atoms. The van der Waals surface area contributed by atoms with Crippen molar-refractivity contribution in [1.29, 1.82) is 0 Å². The van der Waals surface area contributed by atoms with Crippen molar-refractivity contribution in [1.82, 2.24) is 0 Å². The fourth-order valence-corrected chi connectivity index (χ4v) is 2.58. The molecule has 0 saturated carbocycles. The van der Waals surface area contributed by atoms with Crippen LogP contribution in [0.5, 0.6) is 0 Å². The fraction of sp³-hybridized carbons (Fsp3) is 0.300. The van der Waals surface area contributed by atoms with Crippen LogP contribution in [0.4, 0.5) is 15.8 Å². The van der Waals surface area contributed by atoms with E-state index in [1.165, 1.54) is 36.1 Å². The minimum absolute atomic E-state index is 0.124. The van der Waals surface area contributed by atoms with Crippen molar-refractivity contribution < 1.29 is 14.0 Å². The summed E-state index contributed by atoms with van der Waals surface area (Å²) >= 11 is 0. The van der Waals surface area contributed by atoms with Gasteiger partial charge in [0.1, 0.15) is 12.4 Å². The minimum Gasteiger partial charge on any atom is -0.324 e. The van der Waals surface area contributed by atoms with Gasteiger partial charge in [0, 0.05) is 18.3 Å². The molecule has 0 heterocycles. The zero-order valence-electron chi connectivity index (χ0n) is 15.0. The average molecular weight is 342 g/mol. The predicted octanol–water partition coefficient (Wildman–Crippen LogP) is 4.11. The van der Waals surface area contributed by atoms with E-state index in [0.29, 0.717) is 5.69 Å². The number of rotatable bonds is 4. The minimum atomic E-state index is -0.393. The van der Waals surface area contributed by atoms with Gasteiger partial charge in [-0.3, -0.25) is 9.59 Å². The molecule has 132 valence electrons. The van der Waals surface area contributed by atoms with Crippen LogP contribution in [0.15, 0.2) is 48.5 Å². The second-order valence-electron chi connectivity index (χ2n) is 6.93.